The third-order valence-corrected chi connectivity index (χ3v) is 4.97. The van der Waals surface area contributed by atoms with Crippen molar-refractivity contribution in [2.75, 3.05) is 6.26 Å². The predicted molar refractivity (Wildman–Crippen MR) is 107 cm³/mol. The summed E-state index contributed by atoms with van der Waals surface area (Å²) in [6.45, 7) is 2.16. The van der Waals surface area contributed by atoms with Gasteiger partial charge in [0, 0.05) is 4.90 Å². The van der Waals surface area contributed by atoms with Gasteiger partial charge in [0.1, 0.15) is 17.1 Å². The summed E-state index contributed by atoms with van der Waals surface area (Å²) in [5.74, 6) is -1.66. The molecule has 0 saturated heterocycles. The van der Waals surface area contributed by atoms with Crippen molar-refractivity contribution < 1.29 is 24.5 Å². The molecule has 6 heteroatoms. The number of aryl methyl sites for hydroxylation is 1. The van der Waals surface area contributed by atoms with Crippen molar-refractivity contribution in [2.24, 2.45) is 0 Å². The summed E-state index contributed by atoms with van der Waals surface area (Å²) in [5.41, 5.74) is 0.773. The van der Waals surface area contributed by atoms with E-state index in [0.29, 0.717) is 5.75 Å². The number of ether oxygens (including phenoxy) is 1. The van der Waals surface area contributed by atoms with Gasteiger partial charge in [-0.1, -0.05) is 26.2 Å². The molecule has 0 aromatic heterocycles. The monoisotopic (exact) mass is 388 g/mol. The fourth-order valence-corrected chi connectivity index (χ4v) is 3.22. The van der Waals surface area contributed by atoms with Crippen LogP contribution in [0.4, 0.5) is 0 Å². The lowest BCUT2D eigenvalue weighted by molar-refractivity contribution is 0.0694. The van der Waals surface area contributed by atoms with E-state index in [1.165, 1.54) is 18.6 Å². The van der Waals surface area contributed by atoms with Crippen molar-refractivity contribution in [1.29, 1.82) is 0 Å². The van der Waals surface area contributed by atoms with E-state index in [9.17, 15) is 14.7 Å². The van der Waals surface area contributed by atoms with Crippen molar-refractivity contribution in [3.05, 3.63) is 53.1 Å². The fourth-order valence-electron chi connectivity index (χ4n) is 2.76. The molecule has 0 amide bonds. The molecule has 2 N–H and O–H groups in total. The van der Waals surface area contributed by atoms with Gasteiger partial charge in [-0.15, -0.1) is 11.8 Å². The predicted octanol–water partition coefficient (Wildman–Crippen LogP) is 5.72. The molecule has 0 bridgehead atoms. The number of hydrogen-bond acceptors (Lipinski definition) is 4. The number of carbonyl (C=O) groups is 2. The van der Waals surface area contributed by atoms with Crippen molar-refractivity contribution in [2.45, 2.75) is 43.9 Å². The highest BCUT2D eigenvalue weighted by atomic mass is 32.2. The molecular formula is C21H24O5S. The first-order valence-corrected chi connectivity index (χ1v) is 10.1. The van der Waals surface area contributed by atoms with Crippen LogP contribution >= 0.6 is 11.8 Å². The zero-order valence-electron chi connectivity index (χ0n) is 15.5. The van der Waals surface area contributed by atoms with E-state index in [1.807, 2.05) is 18.4 Å². The lowest BCUT2D eigenvalue weighted by Crippen LogP contribution is -2.05. The lowest BCUT2D eigenvalue weighted by atomic mass is 10.0. The highest BCUT2D eigenvalue weighted by molar-refractivity contribution is 7.98. The highest BCUT2D eigenvalue weighted by Gasteiger charge is 2.17. The van der Waals surface area contributed by atoms with Crippen molar-refractivity contribution in [3.63, 3.8) is 0 Å². The topological polar surface area (TPSA) is 83.8 Å². The largest absolute Gasteiger partial charge is 0.478 e. The number of carboxylic acids is 2. The summed E-state index contributed by atoms with van der Waals surface area (Å²) in [5, 5.41) is 18.5. The summed E-state index contributed by atoms with van der Waals surface area (Å²) in [6.07, 6.45) is 7.35. The van der Waals surface area contributed by atoms with Gasteiger partial charge in [-0.2, -0.15) is 0 Å². The maximum Gasteiger partial charge on any atom is 0.339 e. The van der Waals surface area contributed by atoms with Crippen molar-refractivity contribution >= 4 is 23.7 Å². The van der Waals surface area contributed by atoms with Gasteiger partial charge in [0.05, 0.1) is 5.56 Å². The van der Waals surface area contributed by atoms with Gasteiger partial charge in [0.25, 0.3) is 0 Å². The summed E-state index contributed by atoms with van der Waals surface area (Å²) in [4.78, 5) is 23.8. The molecule has 0 fully saturated rings. The minimum Gasteiger partial charge on any atom is -0.478 e. The molecule has 2 rings (SSSR count). The minimum atomic E-state index is -1.22. The van der Waals surface area contributed by atoms with E-state index >= 15 is 0 Å². The van der Waals surface area contributed by atoms with Crippen LogP contribution in [0.2, 0.25) is 0 Å². The molecule has 144 valence electrons. The molecule has 5 nitrogen and oxygen atoms in total. The molecular weight excluding hydrogens is 364 g/mol. The summed E-state index contributed by atoms with van der Waals surface area (Å²) >= 11 is 1.64. The molecule has 0 radical (unpaired) electrons. The van der Waals surface area contributed by atoms with Gasteiger partial charge in [-0.25, -0.2) is 9.59 Å². The normalized spacial score (nSPS) is 10.6. The third kappa shape index (κ3) is 5.76. The summed E-state index contributed by atoms with van der Waals surface area (Å²) < 4.78 is 5.91. The molecule has 0 aliphatic heterocycles. The molecule has 0 unspecified atom stereocenters. The van der Waals surface area contributed by atoms with Crippen LogP contribution in [0.15, 0.2) is 41.3 Å². The molecule has 0 aliphatic rings. The molecule has 0 heterocycles. The highest BCUT2D eigenvalue weighted by Crippen LogP contribution is 2.32. The van der Waals surface area contributed by atoms with E-state index in [-0.39, 0.29) is 16.9 Å². The van der Waals surface area contributed by atoms with Crippen LogP contribution in [0.5, 0.6) is 11.5 Å². The van der Waals surface area contributed by atoms with Crippen LogP contribution in [-0.2, 0) is 6.42 Å². The summed E-state index contributed by atoms with van der Waals surface area (Å²) in [7, 11) is 0. The van der Waals surface area contributed by atoms with E-state index in [4.69, 9.17) is 9.84 Å². The molecule has 0 saturated carbocycles. The number of rotatable bonds is 10. The minimum absolute atomic E-state index is 0.0859. The van der Waals surface area contributed by atoms with Crippen LogP contribution in [0.3, 0.4) is 0 Å². The van der Waals surface area contributed by atoms with Crippen LogP contribution in [0.1, 0.15) is 58.9 Å². The van der Waals surface area contributed by atoms with Crippen molar-refractivity contribution in [3.8, 4) is 11.5 Å². The zero-order valence-corrected chi connectivity index (χ0v) is 16.3. The Morgan fingerprint density at radius 2 is 1.70 bits per heavy atom. The summed E-state index contributed by atoms with van der Waals surface area (Å²) in [6, 6.07) is 9.71. The number of thioether (sulfide) groups is 1. The SMILES string of the molecule is CCCCCCc1cc(SC)ccc1Oc1ccc(C(=O)O)cc1C(=O)O. The Hall–Kier alpha value is -2.47. The van der Waals surface area contributed by atoms with Gasteiger partial charge in [0.2, 0.25) is 0 Å². The Morgan fingerprint density at radius 3 is 2.33 bits per heavy atom. The molecule has 0 aliphatic carbocycles. The third-order valence-electron chi connectivity index (χ3n) is 4.24. The van der Waals surface area contributed by atoms with Crippen LogP contribution in [0.25, 0.3) is 0 Å². The number of hydrogen-bond donors (Lipinski definition) is 2. The van der Waals surface area contributed by atoms with E-state index in [1.54, 1.807) is 11.8 Å². The molecule has 0 atom stereocenters. The maximum atomic E-state index is 11.5. The number of unbranched alkanes of at least 4 members (excludes halogenated alkanes) is 3. The number of benzene rings is 2. The quantitative estimate of drug-likeness (QED) is 0.400. The van der Waals surface area contributed by atoms with Gasteiger partial charge in [0.15, 0.2) is 0 Å². The Labute approximate surface area is 163 Å². The standard InChI is InChI=1S/C21H24O5S/c1-3-4-5-6-7-14-12-16(27-2)9-11-18(14)26-19-10-8-15(20(22)23)13-17(19)21(24)25/h8-13H,3-7H2,1-2H3,(H,22,23)(H,24,25). The zero-order chi connectivity index (χ0) is 19.8. The number of carboxylic acid groups (broad SMARTS) is 2. The van der Waals surface area contributed by atoms with Gasteiger partial charge in [-0.3, -0.25) is 0 Å². The van der Waals surface area contributed by atoms with E-state index in [0.717, 1.165) is 42.2 Å². The Balaban J connectivity index is 2.32. The van der Waals surface area contributed by atoms with Crippen LogP contribution in [-0.4, -0.2) is 28.4 Å². The lowest BCUT2D eigenvalue weighted by Gasteiger charge is -2.14. The molecule has 2 aromatic rings. The molecule has 27 heavy (non-hydrogen) atoms. The van der Waals surface area contributed by atoms with Gasteiger partial charge in [-0.05, 0) is 61.1 Å². The smallest absolute Gasteiger partial charge is 0.339 e. The Morgan fingerprint density at radius 1 is 0.963 bits per heavy atom. The first kappa shape index (κ1) is 20.8. The number of aromatic carboxylic acids is 2. The Kier molecular flexibility index (Phi) is 7.73. The molecule has 2 aromatic carbocycles. The van der Waals surface area contributed by atoms with Crippen LogP contribution < -0.4 is 4.74 Å². The fraction of sp³-hybridized carbons (Fsp3) is 0.333. The second-order valence-corrected chi connectivity index (χ2v) is 7.09. The first-order chi connectivity index (χ1) is 13.0. The van der Waals surface area contributed by atoms with Crippen LogP contribution in [0, 0.1) is 0 Å². The average Bonchev–Trinajstić information content (AvgIpc) is 2.66. The van der Waals surface area contributed by atoms with Gasteiger partial charge >= 0.3 is 11.9 Å². The van der Waals surface area contributed by atoms with Crippen molar-refractivity contribution in [1.82, 2.24) is 0 Å². The Bertz CT molecular complexity index is 816. The van der Waals surface area contributed by atoms with Gasteiger partial charge < -0.3 is 14.9 Å². The van der Waals surface area contributed by atoms with E-state index < -0.39 is 11.9 Å². The second-order valence-electron chi connectivity index (χ2n) is 6.21. The second kappa shape index (κ2) is 10.0. The van der Waals surface area contributed by atoms with E-state index in [2.05, 4.69) is 13.0 Å². The first-order valence-electron chi connectivity index (χ1n) is 8.91. The molecule has 0 spiro atoms. The average molecular weight is 388 g/mol. The maximum absolute atomic E-state index is 11.5.